The minimum atomic E-state index is -0.00492. The Bertz CT molecular complexity index is 632. The summed E-state index contributed by atoms with van der Waals surface area (Å²) in [6.45, 7) is 3.47. The fraction of sp³-hybridized carbons (Fsp3) is 0.400. The maximum absolute atomic E-state index is 12.4. The Labute approximate surface area is 123 Å². The summed E-state index contributed by atoms with van der Waals surface area (Å²) in [5.74, 6) is 1.35. The Balaban J connectivity index is 1.74. The molecule has 6 heteroatoms. The van der Waals surface area contributed by atoms with Gasteiger partial charge in [-0.3, -0.25) is 9.78 Å². The number of likely N-dealkylation sites (tertiary alicyclic amines) is 1. The number of carbonyl (C=O) groups excluding carboxylic acids is 1. The number of nitrogens with one attached hydrogen (secondary N) is 1. The molecule has 21 heavy (non-hydrogen) atoms. The molecule has 2 aromatic rings. The molecule has 0 saturated carbocycles. The van der Waals surface area contributed by atoms with Gasteiger partial charge < -0.3 is 14.7 Å². The zero-order chi connectivity index (χ0) is 14.7. The van der Waals surface area contributed by atoms with Crippen LogP contribution >= 0.6 is 0 Å². The van der Waals surface area contributed by atoms with Crippen molar-refractivity contribution in [3.8, 4) is 0 Å². The van der Waals surface area contributed by atoms with Crippen molar-refractivity contribution in [3.63, 3.8) is 0 Å². The van der Waals surface area contributed by atoms with Gasteiger partial charge in [-0.25, -0.2) is 0 Å². The molecule has 0 spiro atoms. The summed E-state index contributed by atoms with van der Waals surface area (Å²) in [5, 5.41) is 6.98. The van der Waals surface area contributed by atoms with E-state index in [4.69, 9.17) is 4.52 Å². The molecule has 1 fully saturated rings. The van der Waals surface area contributed by atoms with E-state index in [0.29, 0.717) is 11.5 Å². The van der Waals surface area contributed by atoms with Gasteiger partial charge in [0.15, 0.2) is 5.82 Å². The van der Waals surface area contributed by atoms with Crippen LogP contribution in [0.4, 0.5) is 11.5 Å². The van der Waals surface area contributed by atoms with E-state index in [2.05, 4.69) is 15.5 Å². The highest BCUT2D eigenvalue weighted by Crippen LogP contribution is 2.18. The zero-order valence-corrected chi connectivity index (χ0v) is 12.0. The van der Waals surface area contributed by atoms with Crippen molar-refractivity contribution in [2.24, 2.45) is 0 Å². The molecule has 6 nitrogen and oxygen atoms in total. The van der Waals surface area contributed by atoms with Gasteiger partial charge in [0.25, 0.3) is 5.91 Å². The Morgan fingerprint density at radius 1 is 1.29 bits per heavy atom. The number of hydrogen-bond acceptors (Lipinski definition) is 5. The number of anilines is 2. The second kappa shape index (κ2) is 5.95. The predicted octanol–water partition coefficient (Wildman–Crippen LogP) is 2.75. The minimum absolute atomic E-state index is 0.00492. The van der Waals surface area contributed by atoms with Crippen molar-refractivity contribution in [1.82, 2.24) is 15.0 Å². The van der Waals surface area contributed by atoms with Crippen LogP contribution in [0.3, 0.4) is 0 Å². The van der Waals surface area contributed by atoms with E-state index in [9.17, 15) is 4.79 Å². The molecule has 1 aliphatic rings. The summed E-state index contributed by atoms with van der Waals surface area (Å²) in [4.78, 5) is 18.5. The van der Waals surface area contributed by atoms with E-state index in [1.807, 2.05) is 11.8 Å². The summed E-state index contributed by atoms with van der Waals surface area (Å²) in [7, 11) is 0. The lowest BCUT2D eigenvalue weighted by atomic mass is 10.1. The van der Waals surface area contributed by atoms with Crippen molar-refractivity contribution in [2.45, 2.75) is 26.2 Å². The second-order valence-corrected chi connectivity index (χ2v) is 5.23. The van der Waals surface area contributed by atoms with Gasteiger partial charge in [-0.1, -0.05) is 5.16 Å². The Hall–Kier alpha value is -2.37. The summed E-state index contributed by atoms with van der Waals surface area (Å²) in [5.41, 5.74) is 1.24. The van der Waals surface area contributed by atoms with Crippen LogP contribution in [-0.2, 0) is 0 Å². The molecule has 3 heterocycles. The average Bonchev–Trinajstić information content (AvgIpc) is 2.93. The van der Waals surface area contributed by atoms with Gasteiger partial charge in [0.05, 0.1) is 0 Å². The minimum Gasteiger partial charge on any atom is -0.360 e. The molecular weight excluding hydrogens is 268 g/mol. The smallest absolute Gasteiger partial charge is 0.272 e. The number of aromatic nitrogens is 2. The first kappa shape index (κ1) is 13.6. The van der Waals surface area contributed by atoms with Crippen LogP contribution in [-0.4, -0.2) is 34.0 Å². The maximum atomic E-state index is 12.4. The highest BCUT2D eigenvalue weighted by Gasteiger charge is 2.19. The molecule has 110 valence electrons. The first-order valence-corrected chi connectivity index (χ1v) is 7.18. The van der Waals surface area contributed by atoms with E-state index in [1.165, 1.54) is 6.42 Å². The third kappa shape index (κ3) is 3.21. The molecule has 0 unspecified atom stereocenters. The molecule has 0 bridgehead atoms. The molecular formula is C15H18N4O2. The van der Waals surface area contributed by atoms with Crippen LogP contribution < -0.4 is 5.32 Å². The van der Waals surface area contributed by atoms with Crippen LogP contribution in [0.15, 0.2) is 28.9 Å². The number of piperidine rings is 1. The largest absolute Gasteiger partial charge is 0.360 e. The first-order chi connectivity index (χ1) is 10.2. The summed E-state index contributed by atoms with van der Waals surface area (Å²) in [6, 6.07) is 5.35. The molecule has 0 aliphatic carbocycles. The molecule has 0 aromatic carbocycles. The number of nitrogens with zero attached hydrogens (tertiary/aromatic N) is 3. The molecule has 0 atom stereocenters. The highest BCUT2D eigenvalue weighted by molar-refractivity contribution is 5.93. The van der Waals surface area contributed by atoms with Gasteiger partial charge in [0.1, 0.15) is 11.5 Å². The molecule has 1 amide bonds. The molecule has 1 aliphatic heterocycles. The van der Waals surface area contributed by atoms with E-state index >= 15 is 0 Å². The molecule has 1 N–H and O–H groups in total. The van der Waals surface area contributed by atoms with Crippen LogP contribution in [0.2, 0.25) is 0 Å². The van der Waals surface area contributed by atoms with Gasteiger partial charge in [-0.05, 0) is 38.3 Å². The zero-order valence-electron chi connectivity index (χ0n) is 12.0. The fourth-order valence-corrected chi connectivity index (χ4v) is 2.46. The lowest BCUT2D eigenvalue weighted by Crippen LogP contribution is -2.36. The van der Waals surface area contributed by atoms with Gasteiger partial charge in [0, 0.05) is 31.0 Å². The van der Waals surface area contributed by atoms with Gasteiger partial charge >= 0.3 is 0 Å². The monoisotopic (exact) mass is 286 g/mol. The lowest BCUT2D eigenvalue weighted by molar-refractivity contribution is 0.0718. The second-order valence-electron chi connectivity index (χ2n) is 5.23. The van der Waals surface area contributed by atoms with Gasteiger partial charge in [-0.2, -0.15) is 0 Å². The Morgan fingerprint density at radius 3 is 2.81 bits per heavy atom. The van der Waals surface area contributed by atoms with Crippen molar-refractivity contribution in [2.75, 3.05) is 18.4 Å². The summed E-state index contributed by atoms with van der Waals surface area (Å²) < 4.78 is 5.01. The quantitative estimate of drug-likeness (QED) is 0.939. The molecule has 3 rings (SSSR count). The Kier molecular flexibility index (Phi) is 3.85. The van der Waals surface area contributed by atoms with Crippen LogP contribution in [0.25, 0.3) is 0 Å². The van der Waals surface area contributed by atoms with Gasteiger partial charge in [-0.15, -0.1) is 0 Å². The SMILES string of the molecule is Cc1cc(Nc2ccnc(C(=O)N3CCCCC3)c2)no1. The third-order valence-electron chi connectivity index (χ3n) is 3.52. The van der Waals surface area contributed by atoms with Crippen molar-refractivity contribution >= 4 is 17.4 Å². The van der Waals surface area contributed by atoms with E-state index in [1.54, 1.807) is 24.4 Å². The molecule has 2 aromatic heterocycles. The number of rotatable bonds is 3. The highest BCUT2D eigenvalue weighted by atomic mass is 16.5. The topological polar surface area (TPSA) is 71.3 Å². The summed E-state index contributed by atoms with van der Waals surface area (Å²) in [6.07, 6.45) is 4.97. The van der Waals surface area contributed by atoms with Crippen molar-refractivity contribution < 1.29 is 9.32 Å². The average molecular weight is 286 g/mol. The van der Waals surface area contributed by atoms with Crippen LogP contribution in [0.5, 0.6) is 0 Å². The van der Waals surface area contributed by atoms with E-state index < -0.39 is 0 Å². The van der Waals surface area contributed by atoms with Crippen molar-refractivity contribution in [1.29, 1.82) is 0 Å². The number of aryl methyl sites for hydroxylation is 1. The normalized spacial score (nSPS) is 15.0. The molecule has 0 radical (unpaired) electrons. The number of carbonyl (C=O) groups is 1. The predicted molar refractivity (Wildman–Crippen MR) is 78.5 cm³/mol. The lowest BCUT2D eigenvalue weighted by Gasteiger charge is -2.26. The standard InChI is InChI=1S/C15H18N4O2/c1-11-9-14(18-21-11)17-12-5-6-16-13(10-12)15(20)19-7-3-2-4-8-19/h5-6,9-10H,2-4,7-8H2,1H3,(H,16,17,18). The number of amides is 1. The third-order valence-corrected chi connectivity index (χ3v) is 3.52. The first-order valence-electron chi connectivity index (χ1n) is 7.18. The van der Waals surface area contributed by atoms with Crippen LogP contribution in [0.1, 0.15) is 35.5 Å². The number of hydrogen-bond donors (Lipinski definition) is 1. The van der Waals surface area contributed by atoms with E-state index in [-0.39, 0.29) is 5.91 Å². The van der Waals surface area contributed by atoms with Crippen LogP contribution in [0, 0.1) is 6.92 Å². The van der Waals surface area contributed by atoms with Gasteiger partial charge in [0.2, 0.25) is 0 Å². The fourth-order valence-electron chi connectivity index (χ4n) is 2.46. The summed E-state index contributed by atoms with van der Waals surface area (Å²) >= 11 is 0. The number of pyridine rings is 1. The molecule has 1 saturated heterocycles. The maximum Gasteiger partial charge on any atom is 0.272 e. The van der Waals surface area contributed by atoms with Crippen molar-refractivity contribution in [3.05, 3.63) is 35.9 Å². The van der Waals surface area contributed by atoms with E-state index in [0.717, 1.165) is 37.4 Å². The Morgan fingerprint density at radius 2 is 2.10 bits per heavy atom.